The van der Waals surface area contributed by atoms with Crippen LogP contribution in [0.2, 0.25) is 0 Å². The first-order valence-electron chi connectivity index (χ1n) is 9.67. The van der Waals surface area contributed by atoms with Gasteiger partial charge in [0.1, 0.15) is 11.6 Å². The first-order valence-corrected chi connectivity index (χ1v) is 9.67. The fourth-order valence-electron chi connectivity index (χ4n) is 3.98. The van der Waals surface area contributed by atoms with Gasteiger partial charge in [-0.25, -0.2) is 4.98 Å². The molecule has 4 rings (SSSR count). The van der Waals surface area contributed by atoms with Gasteiger partial charge in [0.2, 0.25) is 0 Å². The quantitative estimate of drug-likeness (QED) is 0.650. The maximum absolute atomic E-state index is 10.5. The number of rotatable bonds is 3. The normalized spacial score (nSPS) is 16.7. The van der Waals surface area contributed by atoms with Crippen LogP contribution in [0.5, 0.6) is 5.75 Å². The molecule has 2 aromatic carbocycles. The van der Waals surface area contributed by atoms with Crippen LogP contribution in [0, 0.1) is 13.8 Å². The van der Waals surface area contributed by atoms with Gasteiger partial charge in [-0.15, -0.1) is 0 Å². The molecule has 1 N–H and O–H groups in total. The number of pyridine rings is 1. The van der Waals surface area contributed by atoms with Crippen molar-refractivity contribution >= 4 is 5.82 Å². The van der Waals surface area contributed by atoms with Crippen LogP contribution in [0.25, 0.3) is 22.4 Å². The molecular formula is C24H26N2O. The predicted molar refractivity (Wildman–Crippen MR) is 112 cm³/mol. The van der Waals surface area contributed by atoms with Crippen LogP contribution in [-0.4, -0.2) is 22.7 Å². The Kier molecular flexibility index (Phi) is 4.61. The summed E-state index contributed by atoms with van der Waals surface area (Å²) in [6, 6.07) is 18.9. The summed E-state index contributed by atoms with van der Waals surface area (Å²) in [7, 11) is 0. The van der Waals surface area contributed by atoms with Crippen molar-refractivity contribution in [2.24, 2.45) is 0 Å². The second-order valence-corrected chi connectivity index (χ2v) is 7.62. The van der Waals surface area contributed by atoms with Gasteiger partial charge in [-0.3, -0.25) is 0 Å². The lowest BCUT2D eigenvalue weighted by Gasteiger charge is -2.24. The number of aromatic hydroxyl groups is 1. The van der Waals surface area contributed by atoms with Crippen LogP contribution in [0.4, 0.5) is 5.82 Å². The van der Waals surface area contributed by atoms with Crippen molar-refractivity contribution in [3.05, 3.63) is 65.7 Å². The van der Waals surface area contributed by atoms with E-state index in [-0.39, 0.29) is 5.75 Å². The lowest BCUT2D eigenvalue weighted by atomic mass is 9.98. The third-order valence-corrected chi connectivity index (χ3v) is 5.54. The van der Waals surface area contributed by atoms with Crippen LogP contribution in [-0.2, 0) is 0 Å². The minimum atomic E-state index is 0.274. The summed E-state index contributed by atoms with van der Waals surface area (Å²) >= 11 is 0. The molecule has 3 aromatic rings. The molecule has 3 nitrogen and oxygen atoms in total. The number of nitrogens with zero attached hydrogens (tertiary/aromatic N) is 2. The molecule has 3 heteroatoms. The molecular weight excluding hydrogens is 332 g/mol. The molecule has 0 saturated carbocycles. The van der Waals surface area contributed by atoms with E-state index in [2.05, 4.69) is 55.1 Å². The number of hydrogen-bond acceptors (Lipinski definition) is 3. The number of phenolic OH excluding ortho intramolecular Hbond substituents is 1. The Morgan fingerprint density at radius 2 is 1.81 bits per heavy atom. The summed E-state index contributed by atoms with van der Waals surface area (Å²) in [5.74, 6) is 1.27. The standard InChI is InChI=1S/C24H26N2O/c1-16-10-11-23(27)21(13-16)22-14-19(20-9-5-4-7-17(20)2)15-24(25-22)26-12-6-8-18(26)3/h4-5,7,9-11,13-15,18,27H,6,8,12H2,1-3H3. The fourth-order valence-corrected chi connectivity index (χ4v) is 3.98. The highest BCUT2D eigenvalue weighted by Gasteiger charge is 2.23. The molecule has 2 heterocycles. The average Bonchev–Trinajstić information content (AvgIpc) is 3.10. The van der Waals surface area contributed by atoms with Gasteiger partial charge in [-0.1, -0.05) is 35.9 Å². The maximum atomic E-state index is 10.5. The van der Waals surface area contributed by atoms with Gasteiger partial charge in [0.25, 0.3) is 0 Å². The van der Waals surface area contributed by atoms with E-state index in [4.69, 9.17) is 4.98 Å². The molecule has 0 bridgehead atoms. The van der Waals surface area contributed by atoms with Gasteiger partial charge in [-0.05, 0) is 74.6 Å². The SMILES string of the molecule is Cc1ccc(O)c(-c2cc(-c3ccccc3C)cc(N3CCCC3C)n2)c1. The Morgan fingerprint density at radius 3 is 2.56 bits per heavy atom. The molecule has 138 valence electrons. The van der Waals surface area contributed by atoms with E-state index in [1.807, 2.05) is 19.1 Å². The smallest absolute Gasteiger partial charge is 0.130 e. The Balaban J connectivity index is 1.92. The summed E-state index contributed by atoms with van der Waals surface area (Å²) in [6.07, 6.45) is 2.39. The van der Waals surface area contributed by atoms with E-state index >= 15 is 0 Å². The van der Waals surface area contributed by atoms with Gasteiger partial charge < -0.3 is 10.0 Å². The number of benzene rings is 2. The fraction of sp³-hybridized carbons (Fsp3) is 0.292. The van der Waals surface area contributed by atoms with Crippen molar-refractivity contribution in [1.29, 1.82) is 0 Å². The highest BCUT2D eigenvalue weighted by molar-refractivity contribution is 5.78. The third-order valence-electron chi connectivity index (χ3n) is 5.54. The van der Waals surface area contributed by atoms with Crippen molar-refractivity contribution in [2.75, 3.05) is 11.4 Å². The van der Waals surface area contributed by atoms with Gasteiger partial charge in [0, 0.05) is 18.2 Å². The molecule has 27 heavy (non-hydrogen) atoms. The van der Waals surface area contributed by atoms with Crippen LogP contribution < -0.4 is 4.90 Å². The van der Waals surface area contributed by atoms with E-state index in [1.165, 1.54) is 24.0 Å². The van der Waals surface area contributed by atoms with E-state index in [1.54, 1.807) is 6.07 Å². The third kappa shape index (κ3) is 3.42. The van der Waals surface area contributed by atoms with Gasteiger partial charge in [0.15, 0.2) is 0 Å². The minimum absolute atomic E-state index is 0.274. The zero-order chi connectivity index (χ0) is 19.0. The molecule has 1 fully saturated rings. The minimum Gasteiger partial charge on any atom is -0.507 e. The summed E-state index contributed by atoms with van der Waals surface area (Å²) in [6.45, 7) is 7.47. The Hall–Kier alpha value is -2.81. The Labute approximate surface area is 161 Å². The number of aryl methyl sites for hydroxylation is 2. The van der Waals surface area contributed by atoms with Crippen molar-refractivity contribution in [1.82, 2.24) is 4.98 Å². The summed E-state index contributed by atoms with van der Waals surface area (Å²) in [5, 5.41) is 10.5. The van der Waals surface area contributed by atoms with Gasteiger partial charge in [0.05, 0.1) is 5.69 Å². The van der Waals surface area contributed by atoms with Crippen LogP contribution in [0.15, 0.2) is 54.6 Å². The number of phenols is 1. The second-order valence-electron chi connectivity index (χ2n) is 7.62. The van der Waals surface area contributed by atoms with Crippen molar-refractivity contribution < 1.29 is 5.11 Å². The van der Waals surface area contributed by atoms with Crippen LogP contribution >= 0.6 is 0 Å². The lowest BCUT2D eigenvalue weighted by molar-refractivity contribution is 0.477. The van der Waals surface area contributed by atoms with Crippen LogP contribution in [0.3, 0.4) is 0 Å². The number of anilines is 1. The van der Waals surface area contributed by atoms with E-state index in [0.29, 0.717) is 6.04 Å². The zero-order valence-electron chi connectivity index (χ0n) is 16.2. The topological polar surface area (TPSA) is 36.4 Å². The Bertz CT molecular complexity index is 980. The molecule has 0 aliphatic carbocycles. The second kappa shape index (κ2) is 7.07. The van der Waals surface area contributed by atoms with Crippen molar-refractivity contribution in [3.63, 3.8) is 0 Å². The highest BCUT2D eigenvalue weighted by atomic mass is 16.3. The van der Waals surface area contributed by atoms with Crippen molar-refractivity contribution in [3.8, 4) is 28.1 Å². The molecule has 1 aliphatic heterocycles. The number of aromatic nitrogens is 1. The van der Waals surface area contributed by atoms with Gasteiger partial charge in [-0.2, -0.15) is 0 Å². The highest BCUT2D eigenvalue weighted by Crippen LogP contribution is 2.36. The average molecular weight is 358 g/mol. The summed E-state index contributed by atoms with van der Waals surface area (Å²) in [5.41, 5.74) is 6.32. The predicted octanol–water partition coefficient (Wildman–Crippen LogP) is 5.73. The zero-order valence-corrected chi connectivity index (χ0v) is 16.2. The molecule has 0 radical (unpaired) electrons. The van der Waals surface area contributed by atoms with Crippen LogP contribution in [0.1, 0.15) is 30.9 Å². The molecule has 1 unspecified atom stereocenters. The molecule has 1 saturated heterocycles. The molecule has 0 spiro atoms. The monoisotopic (exact) mass is 358 g/mol. The van der Waals surface area contributed by atoms with Crippen molar-refractivity contribution in [2.45, 2.75) is 39.7 Å². The summed E-state index contributed by atoms with van der Waals surface area (Å²) in [4.78, 5) is 7.35. The van der Waals surface area contributed by atoms with Gasteiger partial charge >= 0.3 is 0 Å². The van der Waals surface area contributed by atoms with E-state index in [9.17, 15) is 5.11 Å². The van der Waals surface area contributed by atoms with E-state index < -0.39 is 0 Å². The lowest BCUT2D eigenvalue weighted by Crippen LogP contribution is -2.27. The largest absolute Gasteiger partial charge is 0.507 e. The van der Waals surface area contributed by atoms with E-state index in [0.717, 1.165) is 34.7 Å². The molecule has 0 amide bonds. The molecule has 1 aromatic heterocycles. The first-order chi connectivity index (χ1) is 13.0. The molecule has 1 atom stereocenters. The summed E-state index contributed by atoms with van der Waals surface area (Å²) < 4.78 is 0. The maximum Gasteiger partial charge on any atom is 0.130 e. The first kappa shape index (κ1) is 17.6. The number of hydrogen-bond donors (Lipinski definition) is 1. The molecule has 1 aliphatic rings. The Morgan fingerprint density at radius 1 is 1.00 bits per heavy atom.